The molecule has 0 bridgehead atoms. The third-order valence-electron chi connectivity index (χ3n) is 2.69. The van der Waals surface area contributed by atoms with Crippen LogP contribution in [0, 0.1) is 0 Å². The molecule has 1 N–H and O–H groups in total. The normalized spacial score (nSPS) is 11.6. The fraction of sp³-hybridized carbons (Fsp3) is 0.462. The number of hydrogen-bond acceptors (Lipinski definition) is 3. The molecule has 106 valence electrons. The molecule has 0 saturated carbocycles. The summed E-state index contributed by atoms with van der Waals surface area (Å²) in [6.07, 6.45) is 1.90. The molecule has 1 aromatic carbocycles. The topological polar surface area (TPSA) is 66.5 Å². The standard InChI is InChI=1S/C13H20N2O3S/c1-4-5-9-14-13(16)11-7-6-8-12(10-11)19(17,18)15(2)3/h6-8,10H,4-5,9H2,1-3H3,(H,14,16). The molecule has 0 fully saturated rings. The van der Waals surface area contributed by atoms with Gasteiger partial charge in [0.15, 0.2) is 0 Å². The van der Waals surface area contributed by atoms with Crippen molar-refractivity contribution in [2.75, 3.05) is 20.6 Å². The molecule has 0 aliphatic heterocycles. The number of hydrogen-bond donors (Lipinski definition) is 1. The number of carbonyl (C=O) groups is 1. The van der Waals surface area contributed by atoms with Crippen molar-refractivity contribution in [1.29, 1.82) is 0 Å². The second kappa shape index (κ2) is 6.68. The first-order valence-corrected chi connectivity index (χ1v) is 7.64. The second-order valence-electron chi connectivity index (χ2n) is 4.42. The van der Waals surface area contributed by atoms with E-state index in [4.69, 9.17) is 0 Å². The SMILES string of the molecule is CCCCNC(=O)c1cccc(S(=O)(=O)N(C)C)c1. The van der Waals surface area contributed by atoms with E-state index in [1.54, 1.807) is 12.1 Å². The van der Waals surface area contributed by atoms with Gasteiger partial charge in [0.25, 0.3) is 5.91 Å². The molecule has 0 heterocycles. The van der Waals surface area contributed by atoms with Crippen LogP contribution in [0.25, 0.3) is 0 Å². The molecule has 0 spiro atoms. The van der Waals surface area contributed by atoms with Gasteiger partial charge >= 0.3 is 0 Å². The van der Waals surface area contributed by atoms with Crippen molar-refractivity contribution in [3.05, 3.63) is 29.8 Å². The number of nitrogens with zero attached hydrogens (tertiary/aromatic N) is 1. The van der Waals surface area contributed by atoms with Gasteiger partial charge in [-0.05, 0) is 24.6 Å². The molecular formula is C13H20N2O3S. The summed E-state index contributed by atoms with van der Waals surface area (Å²) >= 11 is 0. The van der Waals surface area contributed by atoms with Gasteiger partial charge in [-0.25, -0.2) is 12.7 Å². The lowest BCUT2D eigenvalue weighted by Crippen LogP contribution is -2.25. The minimum absolute atomic E-state index is 0.126. The fourth-order valence-corrected chi connectivity index (χ4v) is 2.44. The highest BCUT2D eigenvalue weighted by Gasteiger charge is 2.18. The summed E-state index contributed by atoms with van der Waals surface area (Å²) in [5.41, 5.74) is 0.360. The summed E-state index contributed by atoms with van der Waals surface area (Å²) in [6, 6.07) is 6.07. The lowest BCUT2D eigenvalue weighted by molar-refractivity contribution is 0.0953. The van der Waals surface area contributed by atoms with Gasteiger partial charge in [-0.1, -0.05) is 19.4 Å². The van der Waals surface area contributed by atoms with Crippen LogP contribution < -0.4 is 5.32 Å². The van der Waals surface area contributed by atoms with Crippen molar-refractivity contribution in [2.45, 2.75) is 24.7 Å². The first-order chi connectivity index (χ1) is 8.89. The van der Waals surface area contributed by atoms with Crippen molar-refractivity contribution in [3.8, 4) is 0 Å². The summed E-state index contributed by atoms with van der Waals surface area (Å²) < 4.78 is 25.0. The maximum atomic E-state index is 12.0. The second-order valence-corrected chi connectivity index (χ2v) is 6.58. The molecule has 0 atom stereocenters. The van der Waals surface area contributed by atoms with E-state index in [9.17, 15) is 13.2 Å². The zero-order valence-corrected chi connectivity index (χ0v) is 12.3. The van der Waals surface area contributed by atoms with Crippen LogP contribution in [-0.4, -0.2) is 39.3 Å². The summed E-state index contributed by atoms with van der Waals surface area (Å²) in [5.74, 6) is -0.246. The van der Waals surface area contributed by atoms with E-state index in [1.807, 2.05) is 6.92 Å². The zero-order chi connectivity index (χ0) is 14.5. The number of rotatable bonds is 6. The Bertz CT molecular complexity index is 539. The van der Waals surface area contributed by atoms with Crippen LogP contribution in [0.3, 0.4) is 0 Å². The maximum absolute atomic E-state index is 12.0. The number of sulfonamides is 1. The summed E-state index contributed by atoms with van der Waals surface area (Å²) in [4.78, 5) is 12.0. The largest absolute Gasteiger partial charge is 0.352 e. The van der Waals surface area contributed by atoms with E-state index in [1.165, 1.54) is 26.2 Å². The third-order valence-corrected chi connectivity index (χ3v) is 4.50. The van der Waals surface area contributed by atoms with Gasteiger partial charge in [-0.15, -0.1) is 0 Å². The van der Waals surface area contributed by atoms with Crippen LogP contribution in [0.2, 0.25) is 0 Å². The molecule has 0 aliphatic carbocycles. The van der Waals surface area contributed by atoms with Crippen LogP contribution in [0.5, 0.6) is 0 Å². The Morgan fingerprint density at radius 2 is 2.00 bits per heavy atom. The van der Waals surface area contributed by atoms with E-state index in [0.29, 0.717) is 12.1 Å². The Hall–Kier alpha value is -1.40. The highest BCUT2D eigenvalue weighted by atomic mass is 32.2. The van der Waals surface area contributed by atoms with E-state index in [-0.39, 0.29) is 10.8 Å². The molecular weight excluding hydrogens is 264 g/mol. The molecule has 6 heteroatoms. The average molecular weight is 284 g/mol. The lowest BCUT2D eigenvalue weighted by Gasteiger charge is -2.12. The average Bonchev–Trinajstić information content (AvgIpc) is 2.39. The van der Waals surface area contributed by atoms with Gasteiger partial charge in [0.05, 0.1) is 4.90 Å². The Morgan fingerprint density at radius 1 is 1.32 bits per heavy atom. The first-order valence-electron chi connectivity index (χ1n) is 6.20. The van der Waals surface area contributed by atoms with Gasteiger partial charge in [0, 0.05) is 26.2 Å². The Labute approximate surface area is 114 Å². The zero-order valence-electron chi connectivity index (χ0n) is 11.5. The number of amides is 1. The number of carbonyl (C=O) groups excluding carboxylic acids is 1. The molecule has 0 radical (unpaired) electrons. The van der Waals surface area contributed by atoms with Crippen LogP contribution in [0.4, 0.5) is 0 Å². The van der Waals surface area contributed by atoms with Crippen LogP contribution in [-0.2, 0) is 10.0 Å². The number of nitrogens with one attached hydrogen (secondary N) is 1. The number of unbranched alkanes of at least 4 members (excludes halogenated alkanes) is 1. The van der Waals surface area contributed by atoms with Crippen molar-refractivity contribution < 1.29 is 13.2 Å². The maximum Gasteiger partial charge on any atom is 0.251 e. The Balaban J connectivity index is 2.92. The van der Waals surface area contributed by atoms with Gasteiger partial charge in [-0.3, -0.25) is 4.79 Å². The predicted octanol–water partition coefficient (Wildman–Crippen LogP) is 1.47. The third kappa shape index (κ3) is 4.04. The van der Waals surface area contributed by atoms with Crippen LogP contribution in [0.1, 0.15) is 30.1 Å². The molecule has 0 unspecified atom stereocenters. The quantitative estimate of drug-likeness (QED) is 0.804. The highest BCUT2D eigenvalue weighted by molar-refractivity contribution is 7.89. The summed E-state index contributed by atoms with van der Waals surface area (Å²) in [7, 11) is -0.581. The van der Waals surface area contributed by atoms with E-state index in [0.717, 1.165) is 17.1 Å². The fourth-order valence-electron chi connectivity index (χ4n) is 1.49. The van der Waals surface area contributed by atoms with Crippen LogP contribution in [0.15, 0.2) is 29.2 Å². The molecule has 0 saturated heterocycles. The van der Waals surface area contributed by atoms with Crippen molar-refractivity contribution >= 4 is 15.9 Å². The Kier molecular flexibility index (Phi) is 5.50. The van der Waals surface area contributed by atoms with Crippen molar-refractivity contribution in [3.63, 3.8) is 0 Å². The molecule has 1 rings (SSSR count). The predicted molar refractivity (Wildman–Crippen MR) is 74.6 cm³/mol. The minimum Gasteiger partial charge on any atom is -0.352 e. The van der Waals surface area contributed by atoms with Gasteiger partial charge in [0.1, 0.15) is 0 Å². The van der Waals surface area contributed by atoms with E-state index < -0.39 is 10.0 Å². The smallest absolute Gasteiger partial charge is 0.251 e. The summed E-state index contributed by atoms with van der Waals surface area (Å²) in [5, 5.41) is 2.76. The van der Waals surface area contributed by atoms with E-state index >= 15 is 0 Å². The van der Waals surface area contributed by atoms with Gasteiger partial charge in [0.2, 0.25) is 10.0 Å². The molecule has 5 nitrogen and oxygen atoms in total. The summed E-state index contributed by atoms with van der Waals surface area (Å²) in [6.45, 7) is 2.64. The van der Waals surface area contributed by atoms with Crippen LogP contribution >= 0.6 is 0 Å². The monoisotopic (exact) mass is 284 g/mol. The van der Waals surface area contributed by atoms with Gasteiger partial charge in [-0.2, -0.15) is 0 Å². The molecule has 19 heavy (non-hydrogen) atoms. The molecule has 1 aromatic rings. The Morgan fingerprint density at radius 3 is 2.58 bits per heavy atom. The highest BCUT2D eigenvalue weighted by Crippen LogP contribution is 2.14. The lowest BCUT2D eigenvalue weighted by atomic mass is 10.2. The van der Waals surface area contributed by atoms with Crippen molar-refractivity contribution in [2.24, 2.45) is 0 Å². The van der Waals surface area contributed by atoms with Gasteiger partial charge < -0.3 is 5.32 Å². The van der Waals surface area contributed by atoms with Crippen molar-refractivity contribution in [1.82, 2.24) is 9.62 Å². The minimum atomic E-state index is -3.50. The van der Waals surface area contributed by atoms with E-state index in [2.05, 4.69) is 5.32 Å². The first kappa shape index (κ1) is 15.7. The molecule has 0 aliphatic rings. The molecule has 1 amide bonds. The number of benzene rings is 1. The molecule has 0 aromatic heterocycles.